The van der Waals surface area contributed by atoms with E-state index in [9.17, 15) is 9.59 Å². The Morgan fingerprint density at radius 1 is 0.481 bits per heavy atom. The Hall–Kier alpha value is -5.78. The first-order valence-electron chi connectivity index (χ1n) is 17.4. The molecule has 54 heavy (non-hydrogen) atoms. The summed E-state index contributed by atoms with van der Waals surface area (Å²) in [6.07, 6.45) is 2.50. The van der Waals surface area contributed by atoms with Crippen molar-refractivity contribution in [3.05, 3.63) is 95.1 Å². The molecule has 0 aliphatic heterocycles. The van der Waals surface area contributed by atoms with Crippen LogP contribution in [0.2, 0.25) is 0 Å². The molecule has 0 aromatic heterocycles. The molecule has 12 heteroatoms. The van der Waals surface area contributed by atoms with Crippen LogP contribution in [0, 0.1) is 11.8 Å². The predicted molar refractivity (Wildman–Crippen MR) is 202 cm³/mol. The quantitative estimate of drug-likeness (QED) is 0.0629. The molecule has 0 spiro atoms. The third-order valence-electron chi connectivity index (χ3n) is 9.16. The van der Waals surface area contributed by atoms with Gasteiger partial charge in [0.1, 0.15) is 11.5 Å². The normalized spacial score (nSPS) is 11.8. The van der Waals surface area contributed by atoms with Crippen molar-refractivity contribution in [1.82, 2.24) is 0 Å². The minimum atomic E-state index is -0.531. The number of ether oxygens (including phenoxy) is 10. The molecule has 0 aliphatic rings. The maximum Gasteiger partial charge on any atom is 0.338 e. The monoisotopic (exact) mass is 746 g/mol. The largest absolute Gasteiger partial charge is 0.497 e. The third kappa shape index (κ3) is 10.6. The molecule has 0 radical (unpaired) electrons. The number of carbonyl (C=O) groups is 2. The fraction of sp³-hybridized carbons (Fsp3) is 0.381. The fourth-order valence-corrected chi connectivity index (χ4v) is 6.25. The van der Waals surface area contributed by atoms with E-state index in [-0.39, 0.29) is 36.2 Å². The van der Waals surface area contributed by atoms with Crippen molar-refractivity contribution in [3.8, 4) is 46.0 Å². The minimum Gasteiger partial charge on any atom is -0.497 e. The summed E-state index contributed by atoms with van der Waals surface area (Å²) in [5, 5.41) is 0. The van der Waals surface area contributed by atoms with E-state index in [1.54, 1.807) is 38.5 Å². The highest BCUT2D eigenvalue weighted by atomic mass is 16.5. The van der Waals surface area contributed by atoms with Crippen molar-refractivity contribution in [2.45, 2.75) is 25.7 Å². The third-order valence-corrected chi connectivity index (χ3v) is 9.16. The number of rotatable bonds is 21. The van der Waals surface area contributed by atoms with Gasteiger partial charge in [0.25, 0.3) is 0 Å². The summed E-state index contributed by atoms with van der Waals surface area (Å²) in [6.45, 7) is 0.280. The van der Waals surface area contributed by atoms with E-state index in [1.807, 2.05) is 48.5 Å². The van der Waals surface area contributed by atoms with Crippen LogP contribution in [0.5, 0.6) is 46.0 Å². The number of hydrogen-bond acceptors (Lipinski definition) is 12. The van der Waals surface area contributed by atoms with Crippen LogP contribution in [-0.4, -0.2) is 82.0 Å². The number of esters is 2. The predicted octanol–water partition coefficient (Wildman–Crippen LogP) is 7.27. The highest BCUT2D eigenvalue weighted by Crippen LogP contribution is 2.40. The number of carbonyl (C=O) groups excluding carboxylic acids is 2. The highest BCUT2D eigenvalue weighted by Gasteiger charge is 2.26. The summed E-state index contributed by atoms with van der Waals surface area (Å²) >= 11 is 0. The van der Waals surface area contributed by atoms with E-state index in [0.29, 0.717) is 60.2 Å². The van der Waals surface area contributed by atoms with Crippen molar-refractivity contribution in [1.29, 1.82) is 0 Å². The summed E-state index contributed by atoms with van der Waals surface area (Å²) < 4.78 is 55.1. The van der Waals surface area contributed by atoms with Gasteiger partial charge in [-0.3, -0.25) is 0 Å². The maximum atomic E-state index is 13.6. The van der Waals surface area contributed by atoms with Crippen LogP contribution in [0.1, 0.15) is 44.7 Å². The Labute approximate surface area is 317 Å². The molecule has 0 saturated heterocycles. The Bertz CT molecular complexity index is 1750. The van der Waals surface area contributed by atoms with E-state index in [4.69, 9.17) is 47.4 Å². The maximum absolute atomic E-state index is 13.6. The van der Waals surface area contributed by atoms with Gasteiger partial charge in [0.05, 0.1) is 81.2 Å². The first-order chi connectivity index (χ1) is 26.2. The van der Waals surface area contributed by atoms with Crippen LogP contribution in [0.15, 0.2) is 72.8 Å². The lowest BCUT2D eigenvalue weighted by Gasteiger charge is -2.28. The zero-order valence-corrected chi connectivity index (χ0v) is 32.2. The van der Waals surface area contributed by atoms with Crippen molar-refractivity contribution < 1.29 is 57.0 Å². The molecule has 4 aromatic rings. The first kappa shape index (κ1) is 41.0. The second-order valence-corrected chi connectivity index (χ2v) is 12.3. The molecule has 4 aromatic carbocycles. The molecule has 12 nitrogen and oxygen atoms in total. The smallest absolute Gasteiger partial charge is 0.338 e. The van der Waals surface area contributed by atoms with Gasteiger partial charge in [0.15, 0.2) is 23.0 Å². The molecule has 0 unspecified atom stereocenters. The lowest BCUT2D eigenvalue weighted by atomic mass is 9.80. The van der Waals surface area contributed by atoms with Gasteiger partial charge in [-0.2, -0.15) is 0 Å². The van der Waals surface area contributed by atoms with E-state index < -0.39 is 11.9 Å². The van der Waals surface area contributed by atoms with Gasteiger partial charge in [-0.15, -0.1) is 0 Å². The van der Waals surface area contributed by atoms with Crippen LogP contribution >= 0.6 is 0 Å². The molecule has 0 N–H and O–H groups in total. The molecular weight excluding hydrogens is 696 g/mol. The van der Waals surface area contributed by atoms with Gasteiger partial charge < -0.3 is 47.4 Å². The lowest BCUT2D eigenvalue weighted by molar-refractivity contribution is 0.0361. The standard InChI is InChI=1S/C42H50O12/c1-45-33-15-11-27(12-16-33)20-29(10-9-19-53-41(43)30-22-35(47-3)39(51-7)36(23-30)48-4)32(21-28-13-17-34(46-2)18-14-28)26-54-42(44)31-24-37(49-5)40(52-8)38(25-31)50-6/h11-18,22-25,29,32H,9-10,19-21,26H2,1-8H3/t29-,32+/m0/s1. The zero-order valence-electron chi connectivity index (χ0n) is 32.2. The van der Waals surface area contributed by atoms with Crippen molar-refractivity contribution >= 4 is 11.9 Å². The Balaban J connectivity index is 1.58. The van der Waals surface area contributed by atoms with Gasteiger partial charge in [0, 0.05) is 5.92 Å². The highest BCUT2D eigenvalue weighted by molar-refractivity contribution is 5.91. The summed E-state index contributed by atoms with van der Waals surface area (Å²) in [7, 11) is 12.2. The summed E-state index contributed by atoms with van der Waals surface area (Å²) in [5.74, 6) is 2.48. The second-order valence-electron chi connectivity index (χ2n) is 12.3. The molecule has 4 rings (SSSR count). The molecule has 0 aliphatic carbocycles. The van der Waals surface area contributed by atoms with Gasteiger partial charge in [-0.1, -0.05) is 24.3 Å². The van der Waals surface area contributed by atoms with Gasteiger partial charge in [0.2, 0.25) is 11.5 Å². The minimum absolute atomic E-state index is 0.00751. The van der Waals surface area contributed by atoms with Gasteiger partial charge >= 0.3 is 11.9 Å². The van der Waals surface area contributed by atoms with E-state index >= 15 is 0 Å². The lowest BCUT2D eigenvalue weighted by Crippen LogP contribution is -2.26. The Morgan fingerprint density at radius 2 is 0.870 bits per heavy atom. The zero-order chi connectivity index (χ0) is 39.0. The molecule has 0 bridgehead atoms. The van der Waals surface area contributed by atoms with Crippen LogP contribution in [0.3, 0.4) is 0 Å². The van der Waals surface area contributed by atoms with E-state index in [1.165, 1.54) is 42.7 Å². The van der Waals surface area contributed by atoms with Crippen LogP contribution in [-0.2, 0) is 22.3 Å². The Morgan fingerprint density at radius 3 is 1.24 bits per heavy atom. The van der Waals surface area contributed by atoms with Crippen molar-refractivity contribution in [3.63, 3.8) is 0 Å². The first-order valence-corrected chi connectivity index (χ1v) is 17.4. The van der Waals surface area contributed by atoms with Crippen molar-refractivity contribution in [2.24, 2.45) is 11.8 Å². The van der Waals surface area contributed by atoms with Crippen LogP contribution in [0.25, 0.3) is 0 Å². The average Bonchev–Trinajstić information content (AvgIpc) is 3.22. The van der Waals surface area contributed by atoms with E-state index in [2.05, 4.69) is 0 Å². The van der Waals surface area contributed by atoms with E-state index in [0.717, 1.165) is 22.6 Å². The SMILES string of the molecule is COc1ccc(C[C@H](CCCOC(=O)c2cc(OC)c(OC)c(OC)c2)[C@@H](COC(=O)c2cc(OC)c(OC)c(OC)c2)Cc2ccc(OC)cc2)cc1. The summed E-state index contributed by atoms with van der Waals surface area (Å²) in [5.41, 5.74) is 2.68. The van der Waals surface area contributed by atoms with Gasteiger partial charge in [-0.05, 0) is 91.3 Å². The molecule has 0 saturated carbocycles. The van der Waals surface area contributed by atoms with Crippen LogP contribution < -0.4 is 37.9 Å². The van der Waals surface area contributed by atoms with Gasteiger partial charge in [-0.25, -0.2) is 9.59 Å². The molecule has 0 amide bonds. The second kappa shape index (κ2) is 20.5. The fourth-order valence-electron chi connectivity index (χ4n) is 6.25. The topological polar surface area (TPSA) is 126 Å². The molecule has 290 valence electrons. The molecule has 0 fully saturated rings. The number of hydrogen-bond donors (Lipinski definition) is 0. The summed E-state index contributed by atoms with van der Waals surface area (Å²) in [4.78, 5) is 26.8. The van der Waals surface area contributed by atoms with Crippen molar-refractivity contribution in [2.75, 3.05) is 70.1 Å². The molecule has 2 atom stereocenters. The molecule has 0 heterocycles. The summed E-state index contributed by atoms with van der Waals surface area (Å²) in [6, 6.07) is 22.0. The Kier molecular flexibility index (Phi) is 15.5. The van der Waals surface area contributed by atoms with Crippen LogP contribution in [0.4, 0.5) is 0 Å². The average molecular weight is 747 g/mol. The molecular formula is C42H50O12. The number of benzene rings is 4. The number of methoxy groups -OCH3 is 8.